The first kappa shape index (κ1) is 19.5. The van der Waals surface area contributed by atoms with Crippen molar-refractivity contribution >= 4 is 17.8 Å². The zero-order valence-corrected chi connectivity index (χ0v) is 16.7. The zero-order chi connectivity index (χ0) is 21.1. The van der Waals surface area contributed by atoms with Gasteiger partial charge in [-0.25, -0.2) is 4.79 Å². The van der Waals surface area contributed by atoms with Gasteiger partial charge in [0.1, 0.15) is 11.5 Å². The van der Waals surface area contributed by atoms with Crippen molar-refractivity contribution < 1.29 is 23.8 Å². The van der Waals surface area contributed by atoms with Gasteiger partial charge in [-0.3, -0.25) is 4.79 Å². The molecule has 5 nitrogen and oxygen atoms in total. The molecule has 0 saturated heterocycles. The van der Waals surface area contributed by atoms with Gasteiger partial charge in [0.25, 0.3) is 0 Å². The highest BCUT2D eigenvalue weighted by Crippen LogP contribution is 2.37. The molecule has 0 amide bonds. The van der Waals surface area contributed by atoms with E-state index in [4.69, 9.17) is 9.47 Å². The number of methoxy groups -OCH3 is 1. The summed E-state index contributed by atoms with van der Waals surface area (Å²) in [6.07, 6.45) is 1.73. The molecule has 0 N–H and O–H groups in total. The standard InChI is InChI=1S/C25H20O5/c1-16-12-20(29-15-23(26)28-2)14-21-24(16)25(27)22(30-21)13-17-8-10-19(11-9-17)18-6-4-3-5-7-18/h3-14H,15H2,1-2H3/b22-13-. The van der Waals surface area contributed by atoms with Gasteiger partial charge in [-0.05, 0) is 41.3 Å². The Morgan fingerprint density at radius 3 is 2.40 bits per heavy atom. The van der Waals surface area contributed by atoms with Crippen LogP contribution in [0.2, 0.25) is 0 Å². The van der Waals surface area contributed by atoms with Gasteiger partial charge in [0, 0.05) is 6.07 Å². The lowest BCUT2D eigenvalue weighted by Crippen LogP contribution is -2.12. The Labute approximate surface area is 174 Å². The Hall–Kier alpha value is -3.86. The molecular formula is C25H20O5. The summed E-state index contributed by atoms with van der Waals surface area (Å²) < 4.78 is 15.8. The fraction of sp³-hybridized carbons (Fsp3) is 0.120. The van der Waals surface area contributed by atoms with Crippen LogP contribution >= 0.6 is 0 Å². The number of carbonyl (C=O) groups is 2. The molecule has 0 aromatic heterocycles. The van der Waals surface area contributed by atoms with Crippen molar-refractivity contribution in [2.45, 2.75) is 6.92 Å². The zero-order valence-electron chi connectivity index (χ0n) is 16.7. The van der Waals surface area contributed by atoms with Gasteiger partial charge in [0.05, 0.1) is 12.7 Å². The van der Waals surface area contributed by atoms with Gasteiger partial charge >= 0.3 is 5.97 Å². The van der Waals surface area contributed by atoms with Crippen molar-refractivity contribution in [3.05, 3.63) is 89.2 Å². The molecule has 1 aliphatic heterocycles. The molecule has 3 aromatic carbocycles. The van der Waals surface area contributed by atoms with Crippen LogP contribution in [-0.4, -0.2) is 25.5 Å². The second-order valence-electron chi connectivity index (χ2n) is 6.91. The number of hydrogen-bond donors (Lipinski definition) is 0. The molecule has 1 aliphatic rings. The maximum atomic E-state index is 12.8. The van der Waals surface area contributed by atoms with E-state index in [-0.39, 0.29) is 18.1 Å². The minimum atomic E-state index is -0.482. The second kappa shape index (κ2) is 8.25. The van der Waals surface area contributed by atoms with Gasteiger partial charge in [0.2, 0.25) is 5.78 Å². The molecule has 0 radical (unpaired) electrons. The average Bonchev–Trinajstić information content (AvgIpc) is 3.08. The van der Waals surface area contributed by atoms with Crippen LogP contribution in [0, 0.1) is 6.92 Å². The smallest absolute Gasteiger partial charge is 0.343 e. The van der Waals surface area contributed by atoms with Gasteiger partial charge in [0.15, 0.2) is 12.4 Å². The minimum Gasteiger partial charge on any atom is -0.482 e. The number of carbonyl (C=O) groups excluding carboxylic acids is 2. The SMILES string of the molecule is COC(=O)COc1cc(C)c2c(c1)O/C(=C\c1ccc(-c3ccccc3)cc1)C2=O. The third kappa shape index (κ3) is 3.96. The van der Waals surface area contributed by atoms with Crippen LogP contribution in [0.15, 0.2) is 72.5 Å². The first-order valence-corrected chi connectivity index (χ1v) is 9.49. The number of aryl methyl sites for hydroxylation is 1. The van der Waals surface area contributed by atoms with E-state index < -0.39 is 5.97 Å². The monoisotopic (exact) mass is 400 g/mol. The number of allylic oxidation sites excluding steroid dienone is 1. The number of Topliss-reactive ketones (excluding diaryl/α,β-unsaturated/α-hetero) is 1. The fourth-order valence-corrected chi connectivity index (χ4v) is 3.32. The number of rotatable bonds is 5. The van der Waals surface area contributed by atoms with Gasteiger partial charge in [-0.1, -0.05) is 54.6 Å². The summed E-state index contributed by atoms with van der Waals surface area (Å²) in [6.45, 7) is 1.60. The maximum absolute atomic E-state index is 12.8. The Morgan fingerprint density at radius 2 is 1.70 bits per heavy atom. The van der Waals surface area contributed by atoms with Gasteiger partial charge in [-0.2, -0.15) is 0 Å². The van der Waals surface area contributed by atoms with Gasteiger partial charge in [-0.15, -0.1) is 0 Å². The molecule has 0 unspecified atom stereocenters. The van der Waals surface area contributed by atoms with Crippen molar-refractivity contribution in [2.24, 2.45) is 0 Å². The summed E-state index contributed by atoms with van der Waals surface area (Å²) >= 11 is 0. The number of benzene rings is 3. The minimum absolute atomic E-state index is 0.172. The van der Waals surface area contributed by atoms with E-state index in [9.17, 15) is 9.59 Å². The lowest BCUT2D eigenvalue weighted by atomic mass is 10.0. The molecule has 0 spiro atoms. The largest absolute Gasteiger partial charge is 0.482 e. The normalized spacial score (nSPS) is 13.7. The van der Waals surface area contributed by atoms with Crippen LogP contribution in [0.3, 0.4) is 0 Å². The second-order valence-corrected chi connectivity index (χ2v) is 6.91. The summed E-state index contributed by atoms with van der Waals surface area (Å²) in [4.78, 5) is 24.1. The highest BCUT2D eigenvalue weighted by atomic mass is 16.6. The molecule has 0 aliphatic carbocycles. The van der Waals surface area contributed by atoms with Crippen LogP contribution < -0.4 is 9.47 Å². The van der Waals surface area contributed by atoms with Gasteiger partial charge < -0.3 is 14.2 Å². The predicted octanol–water partition coefficient (Wildman–Crippen LogP) is 4.83. The van der Waals surface area contributed by atoms with Crippen LogP contribution in [0.5, 0.6) is 11.5 Å². The first-order valence-electron chi connectivity index (χ1n) is 9.49. The van der Waals surface area contributed by atoms with Crippen molar-refractivity contribution in [3.8, 4) is 22.6 Å². The van der Waals surface area contributed by atoms with E-state index in [0.717, 1.165) is 22.3 Å². The molecule has 0 bridgehead atoms. The Balaban J connectivity index is 1.55. The molecule has 0 fully saturated rings. The Bertz CT molecular complexity index is 1130. The number of esters is 1. The molecule has 1 heterocycles. The average molecular weight is 400 g/mol. The summed E-state index contributed by atoms with van der Waals surface area (Å²) in [5, 5.41) is 0. The maximum Gasteiger partial charge on any atom is 0.343 e. The molecule has 30 heavy (non-hydrogen) atoms. The van der Waals surface area contributed by atoms with Crippen LogP contribution in [0.4, 0.5) is 0 Å². The van der Waals surface area contributed by atoms with E-state index in [1.807, 2.05) is 49.4 Å². The van der Waals surface area contributed by atoms with Crippen LogP contribution in [0.1, 0.15) is 21.5 Å². The lowest BCUT2D eigenvalue weighted by molar-refractivity contribution is -0.142. The third-order valence-corrected chi connectivity index (χ3v) is 4.84. The van der Waals surface area contributed by atoms with E-state index in [0.29, 0.717) is 17.1 Å². The van der Waals surface area contributed by atoms with E-state index in [1.54, 1.807) is 18.2 Å². The van der Waals surface area contributed by atoms with E-state index >= 15 is 0 Å². The van der Waals surface area contributed by atoms with Crippen molar-refractivity contribution in [1.29, 1.82) is 0 Å². The summed E-state index contributed by atoms with van der Waals surface area (Å²) in [7, 11) is 1.30. The predicted molar refractivity (Wildman–Crippen MR) is 114 cm³/mol. The van der Waals surface area contributed by atoms with Crippen molar-refractivity contribution in [2.75, 3.05) is 13.7 Å². The number of fused-ring (bicyclic) bond motifs is 1. The van der Waals surface area contributed by atoms with Crippen molar-refractivity contribution in [1.82, 2.24) is 0 Å². The van der Waals surface area contributed by atoms with Crippen molar-refractivity contribution in [3.63, 3.8) is 0 Å². The molecule has 0 atom stereocenters. The number of ether oxygens (including phenoxy) is 3. The first-order chi connectivity index (χ1) is 14.5. The fourth-order valence-electron chi connectivity index (χ4n) is 3.32. The quantitative estimate of drug-likeness (QED) is 0.453. The molecular weight excluding hydrogens is 380 g/mol. The summed E-state index contributed by atoms with van der Waals surface area (Å²) in [5.41, 5.74) is 4.33. The third-order valence-electron chi connectivity index (χ3n) is 4.84. The number of hydrogen-bond acceptors (Lipinski definition) is 5. The van der Waals surface area contributed by atoms with Crippen LogP contribution in [-0.2, 0) is 9.53 Å². The summed E-state index contributed by atoms with van der Waals surface area (Å²) in [6, 6.07) is 21.3. The molecule has 0 saturated carbocycles. The Kier molecular flexibility index (Phi) is 5.35. The topological polar surface area (TPSA) is 61.8 Å². The van der Waals surface area contributed by atoms with E-state index in [2.05, 4.69) is 16.9 Å². The molecule has 3 aromatic rings. The number of ketones is 1. The molecule has 4 rings (SSSR count). The summed E-state index contributed by atoms with van der Waals surface area (Å²) in [5.74, 6) is 0.467. The lowest BCUT2D eigenvalue weighted by Gasteiger charge is -2.08. The highest BCUT2D eigenvalue weighted by molar-refractivity contribution is 6.15. The Morgan fingerprint density at radius 1 is 1.00 bits per heavy atom. The van der Waals surface area contributed by atoms with E-state index in [1.165, 1.54) is 7.11 Å². The molecule has 5 heteroatoms. The van der Waals surface area contributed by atoms with Crippen LogP contribution in [0.25, 0.3) is 17.2 Å². The highest BCUT2D eigenvalue weighted by Gasteiger charge is 2.30. The molecule has 150 valence electrons.